The Morgan fingerprint density at radius 3 is 2.65 bits per heavy atom. The van der Waals surface area contributed by atoms with Gasteiger partial charge in [-0.3, -0.25) is 0 Å². The summed E-state index contributed by atoms with van der Waals surface area (Å²) in [6.45, 7) is 0. The van der Waals surface area contributed by atoms with Crippen molar-refractivity contribution >= 4 is 10.9 Å². The second-order valence-electron chi connectivity index (χ2n) is 4.13. The van der Waals surface area contributed by atoms with Crippen LogP contribution in [0.2, 0.25) is 0 Å². The Morgan fingerprint density at radius 1 is 1.29 bits per heavy atom. The van der Waals surface area contributed by atoms with Crippen molar-refractivity contribution in [2.45, 2.75) is 18.6 Å². The molecule has 2 rings (SSSR count). The van der Waals surface area contributed by atoms with Gasteiger partial charge in [-0.05, 0) is 24.1 Å². The summed E-state index contributed by atoms with van der Waals surface area (Å²) in [6.07, 6.45) is -2.71. The third kappa shape index (κ3) is 2.29. The van der Waals surface area contributed by atoms with Crippen molar-refractivity contribution in [1.82, 2.24) is 4.57 Å². The number of fused-ring (bicyclic) bond motifs is 1. The number of aromatic nitrogens is 1. The number of hydrogen-bond acceptors (Lipinski definition) is 1. The zero-order valence-corrected chi connectivity index (χ0v) is 9.33. The lowest BCUT2D eigenvalue weighted by Gasteiger charge is -2.16. The Labute approximate surface area is 96.8 Å². The smallest absolute Gasteiger partial charge is 0.351 e. The highest BCUT2D eigenvalue weighted by molar-refractivity contribution is 5.83. The largest absolute Gasteiger partial charge is 0.403 e. The third-order valence-corrected chi connectivity index (χ3v) is 2.88. The number of nitrogens with two attached hydrogens (primary N) is 1. The van der Waals surface area contributed by atoms with E-state index in [4.69, 9.17) is 5.73 Å². The van der Waals surface area contributed by atoms with Gasteiger partial charge in [-0.2, -0.15) is 13.2 Å². The molecule has 5 heteroatoms. The molecule has 0 saturated carbocycles. The van der Waals surface area contributed by atoms with Crippen LogP contribution in [0.3, 0.4) is 0 Å². The predicted molar refractivity (Wildman–Crippen MR) is 60.7 cm³/mol. The van der Waals surface area contributed by atoms with E-state index >= 15 is 0 Å². The molecular formula is C12H13F3N2. The minimum absolute atomic E-state index is 0.190. The van der Waals surface area contributed by atoms with E-state index in [1.807, 2.05) is 29.9 Å². The first-order chi connectivity index (χ1) is 7.89. The first-order valence-corrected chi connectivity index (χ1v) is 5.25. The predicted octanol–water partition coefficient (Wildman–Crippen LogP) is 2.61. The number of rotatable bonds is 2. The van der Waals surface area contributed by atoms with Gasteiger partial charge in [0.25, 0.3) is 0 Å². The highest BCUT2D eigenvalue weighted by atomic mass is 19.4. The van der Waals surface area contributed by atoms with E-state index in [1.165, 1.54) is 0 Å². The summed E-state index contributed by atoms with van der Waals surface area (Å²) < 4.78 is 39.1. The number of hydrogen-bond donors (Lipinski definition) is 1. The van der Waals surface area contributed by atoms with Crippen LogP contribution in [0.25, 0.3) is 10.9 Å². The number of nitrogens with zero attached hydrogens (tertiary/aromatic N) is 1. The maximum Gasteiger partial charge on any atom is 0.403 e. The molecule has 2 aromatic rings. The summed E-state index contributed by atoms with van der Waals surface area (Å²) in [5.74, 6) is 0. The van der Waals surface area contributed by atoms with Gasteiger partial charge in [0.15, 0.2) is 0 Å². The molecule has 0 fully saturated rings. The molecule has 2 nitrogen and oxygen atoms in total. The SMILES string of the molecule is Cn1ccc2c(CC(N)C(F)(F)F)cccc21. The summed E-state index contributed by atoms with van der Waals surface area (Å²) in [6, 6.07) is 5.31. The van der Waals surface area contributed by atoms with E-state index in [-0.39, 0.29) is 6.42 Å². The molecule has 0 spiro atoms. The molecule has 0 radical (unpaired) electrons. The first-order valence-electron chi connectivity index (χ1n) is 5.25. The fraction of sp³-hybridized carbons (Fsp3) is 0.333. The van der Waals surface area contributed by atoms with Crippen molar-refractivity contribution < 1.29 is 13.2 Å². The van der Waals surface area contributed by atoms with Gasteiger partial charge in [-0.25, -0.2) is 0 Å². The highest BCUT2D eigenvalue weighted by Gasteiger charge is 2.36. The maximum absolute atomic E-state index is 12.4. The van der Waals surface area contributed by atoms with E-state index in [2.05, 4.69) is 0 Å². The molecule has 0 aliphatic heterocycles. The Bertz CT molecular complexity index is 528. The van der Waals surface area contributed by atoms with Crippen molar-refractivity contribution in [3.05, 3.63) is 36.0 Å². The second-order valence-corrected chi connectivity index (χ2v) is 4.13. The van der Waals surface area contributed by atoms with Gasteiger partial charge in [-0.15, -0.1) is 0 Å². The van der Waals surface area contributed by atoms with Gasteiger partial charge >= 0.3 is 6.18 Å². The zero-order valence-electron chi connectivity index (χ0n) is 9.33. The fourth-order valence-corrected chi connectivity index (χ4v) is 1.90. The molecule has 0 bridgehead atoms. The van der Waals surface area contributed by atoms with E-state index in [9.17, 15) is 13.2 Å². The molecule has 0 aliphatic carbocycles. The summed E-state index contributed by atoms with van der Waals surface area (Å²) >= 11 is 0. The lowest BCUT2D eigenvalue weighted by Crippen LogP contribution is -2.39. The van der Waals surface area contributed by atoms with Crippen molar-refractivity contribution in [2.75, 3.05) is 0 Å². The van der Waals surface area contributed by atoms with Crippen LogP contribution in [-0.4, -0.2) is 16.8 Å². The molecule has 17 heavy (non-hydrogen) atoms. The van der Waals surface area contributed by atoms with Crippen LogP contribution in [0.4, 0.5) is 13.2 Å². The number of aryl methyl sites for hydroxylation is 1. The summed E-state index contributed by atoms with van der Waals surface area (Å²) in [4.78, 5) is 0. The van der Waals surface area contributed by atoms with Crippen LogP contribution in [0.15, 0.2) is 30.5 Å². The Balaban J connectivity index is 2.37. The van der Waals surface area contributed by atoms with E-state index in [0.717, 1.165) is 10.9 Å². The topological polar surface area (TPSA) is 30.9 Å². The molecule has 0 saturated heterocycles. The van der Waals surface area contributed by atoms with Crippen LogP contribution < -0.4 is 5.73 Å². The third-order valence-electron chi connectivity index (χ3n) is 2.88. The molecular weight excluding hydrogens is 229 g/mol. The van der Waals surface area contributed by atoms with Gasteiger partial charge in [0, 0.05) is 24.1 Å². The number of alkyl halides is 3. The highest BCUT2D eigenvalue weighted by Crippen LogP contribution is 2.25. The van der Waals surface area contributed by atoms with Gasteiger partial charge in [0.05, 0.1) is 0 Å². The maximum atomic E-state index is 12.4. The summed E-state index contributed by atoms with van der Waals surface area (Å²) in [5, 5.41) is 0.828. The van der Waals surface area contributed by atoms with Crippen LogP contribution in [0.5, 0.6) is 0 Å². The van der Waals surface area contributed by atoms with Crippen molar-refractivity contribution in [1.29, 1.82) is 0 Å². The van der Waals surface area contributed by atoms with Crippen molar-refractivity contribution in [2.24, 2.45) is 12.8 Å². The molecule has 1 aromatic carbocycles. The van der Waals surface area contributed by atoms with E-state index < -0.39 is 12.2 Å². The Kier molecular flexibility index (Phi) is 2.87. The Morgan fingerprint density at radius 2 is 2.00 bits per heavy atom. The average Bonchev–Trinajstić information content (AvgIpc) is 2.60. The minimum Gasteiger partial charge on any atom is -0.351 e. The number of benzene rings is 1. The lowest BCUT2D eigenvalue weighted by atomic mass is 10.0. The fourth-order valence-electron chi connectivity index (χ4n) is 1.90. The minimum atomic E-state index is -4.35. The van der Waals surface area contributed by atoms with Crippen LogP contribution in [0.1, 0.15) is 5.56 Å². The van der Waals surface area contributed by atoms with Crippen LogP contribution in [0, 0.1) is 0 Å². The molecule has 1 unspecified atom stereocenters. The van der Waals surface area contributed by atoms with Gasteiger partial charge in [-0.1, -0.05) is 12.1 Å². The quantitative estimate of drug-likeness (QED) is 0.862. The molecule has 0 aliphatic rings. The number of halogens is 3. The molecule has 1 heterocycles. The summed E-state index contributed by atoms with van der Waals surface area (Å²) in [7, 11) is 1.86. The van der Waals surface area contributed by atoms with Crippen molar-refractivity contribution in [3.63, 3.8) is 0 Å². The van der Waals surface area contributed by atoms with Gasteiger partial charge in [0.2, 0.25) is 0 Å². The Hall–Kier alpha value is -1.49. The second kappa shape index (κ2) is 4.07. The monoisotopic (exact) mass is 242 g/mol. The first kappa shape index (κ1) is 12.0. The average molecular weight is 242 g/mol. The van der Waals surface area contributed by atoms with Gasteiger partial charge in [0.1, 0.15) is 6.04 Å². The molecule has 92 valence electrons. The van der Waals surface area contributed by atoms with Crippen molar-refractivity contribution in [3.8, 4) is 0 Å². The van der Waals surface area contributed by atoms with Crippen LogP contribution in [-0.2, 0) is 13.5 Å². The lowest BCUT2D eigenvalue weighted by molar-refractivity contribution is -0.147. The normalized spacial score (nSPS) is 14.2. The van der Waals surface area contributed by atoms with E-state index in [1.54, 1.807) is 12.1 Å². The molecule has 2 N–H and O–H groups in total. The van der Waals surface area contributed by atoms with Gasteiger partial charge < -0.3 is 10.3 Å². The van der Waals surface area contributed by atoms with Crippen LogP contribution >= 0.6 is 0 Å². The molecule has 1 atom stereocenters. The van der Waals surface area contributed by atoms with E-state index in [0.29, 0.717) is 5.56 Å². The zero-order chi connectivity index (χ0) is 12.6. The molecule has 1 aromatic heterocycles. The summed E-state index contributed by atoms with van der Waals surface area (Å²) in [5.41, 5.74) is 6.69. The standard InChI is InChI=1S/C12H13F3N2/c1-17-6-5-9-8(3-2-4-10(9)17)7-11(16)12(13,14)15/h2-6,11H,7,16H2,1H3. The molecule has 0 amide bonds.